The maximum atomic E-state index is 9.73. The molecule has 0 saturated carbocycles. The summed E-state index contributed by atoms with van der Waals surface area (Å²) in [4.78, 5) is 7.73. The number of likely N-dealkylation sites (tertiary alicyclic amines) is 1. The Morgan fingerprint density at radius 3 is 2.26 bits per heavy atom. The lowest BCUT2D eigenvalue weighted by Crippen LogP contribution is -2.58. The van der Waals surface area contributed by atoms with Crippen LogP contribution in [0.25, 0.3) is 0 Å². The second-order valence-electron chi connectivity index (χ2n) is 8.99. The molecule has 0 bridgehead atoms. The van der Waals surface area contributed by atoms with E-state index in [1.807, 2.05) is 6.07 Å². The fourth-order valence-electron chi connectivity index (χ4n) is 5.23. The largest absolute Gasteiger partial charge is 0.493 e. The van der Waals surface area contributed by atoms with E-state index in [4.69, 9.17) is 14.2 Å². The normalized spacial score (nSPS) is 22.1. The second-order valence-corrected chi connectivity index (χ2v) is 8.99. The van der Waals surface area contributed by atoms with Gasteiger partial charge in [-0.1, -0.05) is 6.07 Å². The molecule has 0 amide bonds. The molecule has 2 aliphatic heterocycles. The van der Waals surface area contributed by atoms with E-state index in [2.05, 4.69) is 34.6 Å². The molecule has 7 nitrogen and oxygen atoms in total. The molecule has 2 heterocycles. The number of ether oxygens (including phenoxy) is 3. The van der Waals surface area contributed by atoms with Crippen LogP contribution in [-0.2, 0) is 6.54 Å². The molecule has 176 valence electrons. The first kappa shape index (κ1) is 24.1. The van der Waals surface area contributed by atoms with Crippen molar-refractivity contribution in [2.24, 2.45) is 0 Å². The second kappa shape index (κ2) is 11.4. The van der Waals surface area contributed by atoms with Gasteiger partial charge in [-0.3, -0.25) is 9.80 Å². The number of piperazine rings is 1. The van der Waals surface area contributed by atoms with E-state index in [0.29, 0.717) is 29.6 Å². The maximum absolute atomic E-state index is 9.73. The third kappa shape index (κ3) is 5.64. The average molecular weight is 436 g/mol. The number of hydrogen-bond acceptors (Lipinski definition) is 7. The molecular formula is C24H41N3O4. The van der Waals surface area contributed by atoms with Crippen LogP contribution in [0.3, 0.4) is 0 Å². The molecule has 0 aliphatic carbocycles. The Morgan fingerprint density at radius 1 is 0.968 bits per heavy atom. The van der Waals surface area contributed by atoms with Crippen LogP contribution in [0.15, 0.2) is 12.1 Å². The van der Waals surface area contributed by atoms with E-state index in [9.17, 15) is 5.11 Å². The molecule has 2 fully saturated rings. The van der Waals surface area contributed by atoms with Crippen molar-refractivity contribution in [3.05, 3.63) is 17.7 Å². The Kier molecular flexibility index (Phi) is 8.84. The third-order valence-electron chi connectivity index (χ3n) is 6.95. The number of methoxy groups -OCH3 is 3. The zero-order valence-corrected chi connectivity index (χ0v) is 20.0. The molecule has 1 atom stereocenters. The van der Waals surface area contributed by atoms with Crippen LogP contribution in [-0.4, -0.2) is 98.6 Å². The highest BCUT2D eigenvalue weighted by Gasteiger charge is 2.34. The summed E-state index contributed by atoms with van der Waals surface area (Å²) >= 11 is 0. The Labute approximate surface area is 187 Å². The van der Waals surface area contributed by atoms with Gasteiger partial charge in [-0.2, -0.15) is 0 Å². The first-order chi connectivity index (χ1) is 15.0. The van der Waals surface area contributed by atoms with Gasteiger partial charge >= 0.3 is 0 Å². The standard InChI is InChI=1S/C24H41N3O4/c1-18(2)26-11-8-20(9-12-26)27-14-13-25(17-21(27)10-15-28)16-19-6-7-22(29-3)24(31-5)23(19)30-4/h6-7,18,20-21,28H,8-17H2,1-5H3. The summed E-state index contributed by atoms with van der Waals surface area (Å²) in [5.74, 6) is 2.06. The highest BCUT2D eigenvalue weighted by Crippen LogP contribution is 2.40. The fourth-order valence-corrected chi connectivity index (χ4v) is 5.23. The van der Waals surface area contributed by atoms with Crippen molar-refractivity contribution in [1.82, 2.24) is 14.7 Å². The lowest BCUT2D eigenvalue weighted by molar-refractivity contribution is -0.000216. The fraction of sp³-hybridized carbons (Fsp3) is 0.750. The summed E-state index contributed by atoms with van der Waals surface area (Å²) in [6.45, 7) is 11.0. The van der Waals surface area contributed by atoms with Gasteiger partial charge in [0.25, 0.3) is 0 Å². The molecule has 0 radical (unpaired) electrons. The van der Waals surface area contributed by atoms with Crippen LogP contribution >= 0.6 is 0 Å². The van der Waals surface area contributed by atoms with Crippen LogP contribution in [0.5, 0.6) is 17.2 Å². The number of hydrogen-bond donors (Lipinski definition) is 1. The van der Waals surface area contributed by atoms with Gasteiger partial charge < -0.3 is 24.2 Å². The van der Waals surface area contributed by atoms with Crippen LogP contribution < -0.4 is 14.2 Å². The monoisotopic (exact) mass is 435 g/mol. The van der Waals surface area contributed by atoms with Crippen LogP contribution in [0.1, 0.15) is 38.7 Å². The molecule has 1 aromatic carbocycles. The van der Waals surface area contributed by atoms with Crippen molar-refractivity contribution < 1.29 is 19.3 Å². The molecular weight excluding hydrogens is 394 g/mol. The van der Waals surface area contributed by atoms with Crippen molar-refractivity contribution >= 4 is 0 Å². The maximum Gasteiger partial charge on any atom is 0.203 e. The molecule has 1 unspecified atom stereocenters. The zero-order chi connectivity index (χ0) is 22.4. The Hall–Kier alpha value is -1.54. The van der Waals surface area contributed by atoms with Gasteiger partial charge in [-0.25, -0.2) is 0 Å². The summed E-state index contributed by atoms with van der Waals surface area (Å²) in [6.07, 6.45) is 3.27. The number of nitrogens with zero attached hydrogens (tertiary/aromatic N) is 3. The quantitative estimate of drug-likeness (QED) is 0.639. The molecule has 3 rings (SSSR count). The summed E-state index contributed by atoms with van der Waals surface area (Å²) in [6, 6.07) is 5.66. The average Bonchev–Trinajstić information content (AvgIpc) is 2.79. The van der Waals surface area contributed by atoms with Crippen molar-refractivity contribution in [3.8, 4) is 17.2 Å². The summed E-state index contributed by atoms with van der Waals surface area (Å²) < 4.78 is 16.7. The van der Waals surface area contributed by atoms with Crippen molar-refractivity contribution in [2.75, 3.05) is 60.7 Å². The molecule has 0 spiro atoms. The van der Waals surface area contributed by atoms with Crippen molar-refractivity contribution in [1.29, 1.82) is 0 Å². The summed E-state index contributed by atoms with van der Waals surface area (Å²) in [5, 5.41) is 9.73. The summed E-state index contributed by atoms with van der Waals surface area (Å²) in [5.41, 5.74) is 1.10. The molecule has 31 heavy (non-hydrogen) atoms. The lowest BCUT2D eigenvalue weighted by Gasteiger charge is -2.48. The van der Waals surface area contributed by atoms with E-state index in [1.54, 1.807) is 21.3 Å². The van der Waals surface area contributed by atoms with Gasteiger partial charge in [0.1, 0.15) is 0 Å². The molecule has 7 heteroatoms. The predicted octanol–water partition coefficient (Wildman–Crippen LogP) is 2.45. The van der Waals surface area contributed by atoms with Gasteiger partial charge in [0.15, 0.2) is 11.5 Å². The smallest absolute Gasteiger partial charge is 0.203 e. The number of piperidine rings is 1. The minimum Gasteiger partial charge on any atom is -0.493 e. The van der Waals surface area contributed by atoms with E-state index in [-0.39, 0.29) is 6.61 Å². The van der Waals surface area contributed by atoms with Gasteiger partial charge in [0.2, 0.25) is 5.75 Å². The highest BCUT2D eigenvalue weighted by atomic mass is 16.5. The Balaban J connectivity index is 1.67. The Morgan fingerprint density at radius 2 is 1.68 bits per heavy atom. The lowest BCUT2D eigenvalue weighted by atomic mass is 9.97. The van der Waals surface area contributed by atoms with E-state index >= 15 is 0 Å². The van der Waals surface area contributed by atoms with Gasteiger partial charge in [-0.15, -0.1) is 0 Å². The van der Waals surface area contributed by atoms with Crippen LogP contribution in [0.2, 0.25) is 0 Å². The zero-order valence-electron chi connectivity index (χ0n) is 20.0. The van der Waals surface area contributed by atoms with Crippen LogP contribution in [0, 0.1) is 0 Å². The SMILES string of the molecule is COc1ccc(CN2CCN(C3CCN(C(C)C)CC3)C(CCO)C2)c(OC)c1OC. The molecule has 2 aliphatic rings. The number of rotatable bonds is 9. The third-order valence-corrected chi connectivity index (χ3v) is 6.95. The van der Waals surface area contributed by atoms with Gasteiger partial charge in [0, 0.05) is 56.5 Å². The first-order valence-corrected chi connectivity index (χ1v) is 11.6. The van der Waals surface area contributed by atoms with Gasteiger partial charge in [-0.05, 0) is 52.3 Å². The minimum atomic E-state index is 0.236. The topological polar surface area (TPSA) is 57.6 Å². The predicted molar refractivity (Wildman–Crippen MR) is 123 cm³/mol. The highest BCUT2D eigenvalue weighted by molar-refractivity contribution is 5.55. The molecule has 2 saturated heterocycles. The molecule has 1 N–H and O–H groups in total. The van der Waals surface area contributed by atoms with Gasteiger partial charge in [0.05, 0.1) is 21.3 Å². The van der Waals surface area contributed by atoms with E-state index in [0.717, 1.165) is 43.9 Å². The number of aliphatic hydroxyl groups excluding tert-OH is 1. The van der Waals surface area contributed by atoms with E-state index < -0.39 is 0 Å². The van der Waals surface area contributed by atoms with Crippen LogP contribution in [0.4, 0.5) is 0 Å². The van der Waals surface area contributed by atoms with Crippen molar-refractivity contribution in [3.63, 3.8) is 0 Å². The summed E-state index contributed by atoms with van der Waals surface area (Å²) in [7, 11) is 4.96. The number of aliphatic hydroxyl groups is 1. The van der Waals surface area contributed by atoms with Crippen molar-refractivity contribution in [2.45, 2.75) is 57.8 Å². The first-order valence-electron chi connectivity index (χ1n) is 11.6. The number of benzene rings is 1. The Bertz CT molecular complexity index is 692. The molecule has 0 aromatic heterocycles. The van der Waals surface area contributed by atoms with E-state index in [1.165, 1.54) is 25.9 Å². The minimum absolute atomic E-state index is 0.236. The molecule has 1 aromatic rings.